The van der Waals surface area contributed by atoms with Crippen LogP contribution in [-0.2, 0) is 34.7 Å². The van der Waals surface area contributed by atoms with Gasteiger partial charge in [-0.1, -0.05) is 18.2 Å². The smallest absolute Gasteiger partial charge is 0.468 e. The summed E-state index contributed by atoms with van der Waals surface area (Å²) in [6, 6.07) is 4.42. The number of alkyl halides is 3. The fourth-order valence-electron chi connectivity index (χ4n) is 3.65. The molecule has 2 unspecified atom stereocenters. The number of hydrogen-bond acceptors (Lipinski definition) is 9. The highest BCUT2D eigenvalue weighted by atomic mass is 32.2. The molecule has 2 rings (SSSR count). The van der Waals surface area contributed by atoms with Crippen molar-refractivity contribution in [3.63, 3.8) is 0 Å². The highest BCUT2D eigenvalue weighted by Gasteiger charge is 2.44. The highest BCUT2D eigenvalue weighted by molar-refractivity contribution is 7.99. The predicted octanol–water partition coefficient (Wildman–Crippen LogP) is 5.12. The van der Waals surface area contributed by atoms with Gasteiger partial charge in [0.15, 0.2) is 0 Å². The summed E-state index contributed by atoms with van der Waals surface area (Å²) >= 11 is 1.08. The van der Waals surface area contributed by atoms with E-state index < -0.39 is 47.8 Å². The second kappa shape index (κ2) is 12.8. The fourth-order valence-corrected chi connectivity index (χ4v) is 4.33. The Hall–Kier alpha value is -3.02. The lowest BCUT2D eigenvalue weighted by molar-refractivity contribution is -0.145. The number of halogens is 3. The van der Waals surface area contributed by atoms with Crippen molar-refractivity contribution in [2.24, 2.45) is 10.9 Å². The van der Waals surface area contributed by atoms with Gasteiger partial charge in [-0.05, 0) is 39.3 Å². The summed E-state index contributed by atoms with van der Waals surface area (Å²) in [4.78, 5) is 41.8. The molecule has 0 radical (unpaired) electrons. The van der Waals surface area contributed by atoms with Crippen LogP contribution >= 0.6 is 11.8 Å². The molecule has 0 aromatic heterocycles. The van der Waals surface area contributed by atoms with E-state index in [0.717, 1.165) is 31.0 Å². The number of benzene rings is 1. The summed E-state index contributed by atoms with van der Waals surface area (Å²) in [6.07, 6.45) is -6.05. The molecular weight excluding hydrogens is 503 g/mol. The number of hydrogen-bond donors (Lipinski definition) is 0. The molecule has 1 aromatic rings. The second-order valence-corrected chi connectivity index (χ2v) is 8.90. The molecule has 1 heterocycles. The van der Waals surface area contributed by atoms with Crippen LogP contribution in [0.4, 0.5) is 18.0 Å². The van der Waals surface area contributed by atoms with Crippen LogP contribution in [0.1, 0.15) is 44.7 Å². The maximum absolute atomic E-state index is 13.5. The van der Waals surface area contributed by atoms with Crippen molar-refractivity contribution in [1.29, 1.82) is 0 Å². The number of rotatable bonds is 9. The molecule has 0 bridgehead atoms. The Morgan fingerprint density at radius 1 is 1.17 bits per heavy atom. The van der Waals surface area contributed by atoms with Crippen LogP contribution in [0.15, 0.2) is 40.5 Å². The van der Waals surface area contributed by atoms with E-state index in [4.69, 9.17) is 14.2 Å². The molecular formula is C24H28F3NO7S. The van der Waals surface area contributed by atoms with Crippen LogP contribution in [0.5, 0.6) is 0 Å². The van der Waals surface area contributed by atoms with E-state index in [1.807, 2.05) is 0 Å². The third-order valence-electron chi connectivity index (χ3n) is 5.07. The monoisotopic (exact) mass is 531 g/mol. The molecule has 8 nitrogen and oxygen atoms in total. The van der Waals surface area contributed by atoms with Crippen molar-refractivity contribution >= 4 is 35.6 Å². The van der Waals surface area contributed by atoms with E-state index in [-0.39, 0.29) is 40.8 Å². The average Bonchev–Trinajstić information content (AvgIpc) is 2.80. The van der Waals surface area contributed by atoms with E-state index in [1.165, 1.54) is 19.1 Å². The van der Waals surface area contributed by atoms with Crippen LogP contribution in [-0.4, -0.2) is 55.3 Å². The Balaban J connectivity index is 2.60. The van der Waals surface area contributed by atoms with Crippen LogP contribution in [0, 0.1) is 5.92 Å². The zero-order valence-electron chi connectivity index (χ0n) is 20.5. The quantitative estimate of drug-likeness (QED) is 0.187. The Bertz CT molecular complexity index is 1040. The number of esters is 2. The summed E-state index contributed by atoms with van der Waals surface area (Å²) < 4.78 is 60.4. The fraction of sp³-hybridized carbons (Fsp3) is 0.500. The van der Waals surface area contributed by atoms with E-state index in [0.29, 0.717) is 0 Å². The second-order valence-electron chi connectivity index (χ2n) is 7.96. The Morgan fingerprint density at radius 2 is 1.86 bits per heavy atom. The largest absolute Gasteiger partial charge is 0.509 e. The number of methoxy groups -OCH3 is 1. The maximum Gasteiger partial charge on any atom is 0.509 e. The lowest BCUT2D eigenvalue weighted by Gasteiger charge is -2.32. The molecule has 0 aliphatic carbocycles. The lowest BCUT2D eigenvalue weighted by Crippen LogP contribution is -2.37. The first-order chi connectivity index (χ1) is 16.9. The van der Waals surface area contributed by atoms with Gasteiger partial charge in [0.05, 0.1) is 36.7 Å². The van der Waals surface area contributed by atoms with Gasteiger partial charge < -0.3 is 18.9 Å². The molecule has 0 saturated heterocycles. The third-order valence-corrected chi connectivity index (χ3v) is 5.83. The average molecular weight is 532 g/mol. The molecule has 0 N–H and O–H groups in total. The number of carbonyl (C=O) groups excluding carboxylic acids is 3. The van der Waals surface area contributed by atoms with E-state index >= 15 is 0 Å². The normalized spacial score (nSPS) is 18.0. The van der Waals surface area contributed by atoms with Gasteiger partial charge in [0.2, 0.25) is 0 Å². The van der Waals surface area contributed by atoms with Crippen LogP contribution in [0.25, 0.3) is 0 Å². The van der Waals surface area contributed by atoms with Gasteiger partial charge in [-0.3, -0.25) is 9.79 Å². The first-order valence-electron chi connectivity index (χ1n) is 11.0. The van der Waals surface area contributed by atoms with Gasteiger partial charge >= 0.3 is 24.3 Å². The summed E-state index contributed by atoms with van der Waals surface area (Å²) in [5, 5.41) is 0. The van der Waals surface area contributed by atoms with Crippen LogP contribution in [0.2, 0.25) is 0 Å². The molecule has 0 amide bonds. The number of carbonyl (C=O) groups is 3. The van der Waals surface area contributed by atoms with Crippen LogP contribution < -0.4 is 0 Å². The lowest BCUT2D eigenvalue weighted by atomic mass is 9.75. The Kier molecular flexibility index (Phi) is 10.4. The Labute approximate surface area is 211 Å². The van der Waals surface area contributed by atoms with Gasteiger partial charge in [-0.15, -0.1) is 11.8 Å². The maximum atomic E-state index is 13.5. The minimum Gasteiger partial charge on any atom is -0.468 e. The number of ether oxygens (including phenoxy) is 4. The molecule has 12 heteroatoms. The molecule has 0 saturated carbocycles. The minimum atomic E-state index is -4.64. The molecule has 1 aliphatic rings. The molecule has 0 fully saturated rings. The highest BCUT2D eigenvalue weighted by Crippen LogP contribution is 2.42. The summed E-state index contributed by atoms with van der Waals surface area (Å²) in [7, 11) is 1.15. The summed E-state index contributed by atoms with van der Waals surface area (Å²) in [5.41, 5.74) is -0.465. The van der Waals surface area contributed by atoms with Gasteiger partial charge in [-0.25, -0.2) is 9.59 Å². The van der Waals surface area contributed by atoms with Crippen molar-refractivity contribution in [3.05, 3.63) is 46.7 Å². The van der Waals surface area contributed by atoms with Gasteiger partial charge in [0.1, 0.15) is 11.9 Å². The molecule has 198 valence electrons. The van der Waals surface area contributed by atoms with Gasteiger partial charge in [0, 0.05) is 17.4 Å². The van der Waals surface area contributed by atoms with E-state index in [1.54, 1.807) is 20.8 Å². The Morgan fingerprint density at radius 3 is 2.44 bits per heavy atom. The molecule has 36 heavy (non-hydrogen) atoms. The number of nitrogens with zero attached hydrogens (tertiary/aromatic N) is 1. The molecule has 2 atom stereocenters. The van der Waals surface area contributed by atoms with Crippen molar-refractivity contribution < 1.29 is 46.5 Å². The standard InChI is InChI=1S/C24H28F3NO7S/c1-6-33-23(31)34-12-36-11-17-20(22(30)35-13(2)3)19(18(14(4)28-17)21(29)32-5)15-8-7-9-16(10-15)24(25,26)27/h7-10,13,18-19H,6,11-12H2,1-5H3. The minimum absolute atomic E-state index is 0.0443. The van der Waals surface area contributed by atoms with E-state index in [9.17, 15) is 27.6 Å². The molecule has 1 aliphatic heterocycles. The zero-order valence-corrected chi connectivity index (χ0v) is 21.3. The van der Waals surface area contributed by atoms with Gasteiger partial charge in [0.25, 0.3) is 0 Å². The van der Waals surface area contributed by atoms with E-state index in [2.05, 4.69) is 9.73 Å². The summed E-state index contributed by atoms with van der Waals surface area (Å²) in [5.74, 6) is -3.96. The predicted molar refractivity (Wildman–Crippen MR) is 126 cm³/mol. The van der Waals surface area contributed by atoms with Crippen LogP contribution in [0.3, 0.4) is 0 Å². The summed E-state index contributed by atoms with van der Waals surface area (Å²) in [6.45, 7) is 6.53. The third kappa shape index (κ3) is 7.49. The van der Waals surface area contributed by atoms with Crippen molar-refractivity contribution in [1.82, 2.24) is 0 Å². The van der Waals surface area contributed by atoms with Crippen molar-refractivity contribution in [2.75, 3.05) is 25.4 Å². The number of thioether (sulfide) groups is 1. The van der Waals surface area contributed by atoms with Gasteiger partial charge in [-0.2, -0.15) is 13.2 Å². The molecule has 0 spiro atoms. The zero-order chi connectivity index (χ0) is 27.0. The van der Waals surface area contributed by atoms with Crippen molar-refractivity contribution in [2.45, 2.75) is 45.9 Å². The number of aliphatic imine (C=N–C) groups is 1. The SMILES string of the molecule is CCOC(=O)OCSCC1=C(C(=O)OC(C)C)C(c2cccc(C(F)(F)F)c2)C(C(=O)OC)C(C)=N1. The van der Waals surface area contributed by atoms with Crippen molar-refractivity contribution in [3.8, 4) is 0 Å². The molecule has 1 aromatic carbocycles. The topological polar surface area (TPSA) is 100 Å². The first-order valence-corrected chi connectivity index (χ1v) is 12.2. The first kappa shape index (κ1) is 29.2.